The number of hydrogen-bond donors (Lipinski definition) is 2. The molecule has 1 unspecified atom stereocenters. The Labute approximate surface area is 104 Å². The van der Waals surface area contributed by atoms with Gasteiger partial charge in [0.1, 0.15) is 0 Å². The van der Waals surface area contributed by atoms with E-state index in [2.05, 4.69) is 19.2 Å². The van der Waals surface area contributed by atoms with E-state index in [1.165, 1.54) is 11.3 Å². The third-order valence-electron chi connectivity index (χ3n) is 2.11. The summed E-state index contributed by atoms with van der Waals surface area (Å²) in [6.45, 7) is 4.07. The van der Waals surface area contributed by atoms with E-state index in [4.69, 9.17) is 16.7 Å². The van der Waals surface area contributed by atoms with Gasteiger partial charge >= 0.3 is 0 Å². The van der Waals surface area contributed by atoms with Crippen LogP contribution in [0.1, 0.15) is 29.9 Å². The molecule has 0 radical (unpaired) electrons. The number of aliphatic hydroxyl groups excluding tert-OH is 1. The molecule has 3 nitrogen and oxygen atoms in total. The summed E-state index contributed by atoms with van der Waals surface area (Å²) in [6.07, 6.45) is 0.765. The van der Waals surface area contributed by atoms with Crippen molar-refractivity contribution < 1.29 is 9.90 Å². The second-order valence-corrected chi connectivity index (χ2v) is 5.80. The van der Waals surface area contributed by atoms with Crippen LogP contribution >= 0.6 is 22.9 Å². The number of rotatable bonds is 5. The zero-order chi connectivity index (χ0) is 12.1. The van der Waals surface area contributed by atoms with E-state index in [0.29, 0.717) is 15.1 Å². The van der Waals surface area contributed by atoms with Gasteiger partial charge < -0.3 is 10.4 Å². The molecule has 1 aromatic heterocycles. The van der Waals surface area contributed by atoms with Crippen LogP contribution in [0.3, 0.4) is 0 Å². The Morgan fingerprint density at radius 1 is 1.56 bits per heavy atom. The van der Waals surface area contributed by atoms with Crippen LogP contribution in [0, 0.1) is 5.92 Å². The van der Waals surface area contributed by atoms with Crippen molar-refractivity contribution in [1.29, 1.82) is 0 Å². The van der Waals surface area contributed by atoms with Crippen LogP contribution < -0.4 is 5.32 Å². The average molecular weight is 262 g/mol. The van der Waals surface area contributed by atoms with Gasteiger partial charge in [-0.3, -0.25) is 4.79 Å². The van der Waals surface area contributed by atoms with Crippen LogP contribution in [-0.4, -0.2) is 23.7 Å². The van der Waals surface area contributed by atoms with E-state index < -0.39 is 0 Å². The highest BCUT2D eigenvalue weighted by Gasteiger charge is 2.15. The zero-order valence-electron chi connectivity index (χ0n) is 9.37. The van der Waals surface area contributed by atoms with E-state index in [9.17, 15) is 4.79 Å². The molecule has 0 aliphatic carbocycles. The fourth-order valence-electron chi connectivity index (χ4n) is 1.44. The van der Waals surface area contributed by atoms with E-state index in [0.717, 1.165) is 6.42 Å². The highest BCUT2D eigenvalue weighted by Crippen LogP contribution is 2.21. The zero-order valence-corrected chi connectivity index (χ0v) is 10.9. The van der Waals surface area contributed by atoms with Crippen LogP contribution in [0.4, 0.5) is 0 Å². The first-order valence-electron chi connectivity index (χ1n) is 5.20. The number of hydrogen-bond acceptors (Lipinski definition) is 3. The topological polar surface area (TPSA) is 49.3 Å². The molecular formula is C11H16ClNO2S. The number of halogens is 1. The number of thiophene rings is 1. The summed E-state index contributed by atoms with van der Waals surface area (Å²) < 4.78 is 0.592. The highest BCUT2D eigenvalue weighted by atomic mass is 35.5. The maximum Gasteiger partial charge on any atom is 0.261 e. The lowest BCUT2D eigenvalue weighted by Crippen LogP contribution is -2.38. The van der Waals surface area contributed by atoms with Crippen LogP contribution in [0.5, 0.6) is 0 Å². The number of carbonyl (C=O) groups is 1. The van der Waals surface area contributed by atoms with Crippen molar-refractivity contribution in [2.45, 2.75) is 26.3 Å². The van der Waals surface area contributed by atoms with Crippen LogP contribution in [0.2, 0.25) is 4.34 Å². The van der Waals surface area contributed by atoms with Crippen LogP contribution in [0.25, 0.3) is 0 Å². The molecule has 90 valence electrons. The van der Waals surface area contributed by atoms with Crippen molar-refractivity contribution in [2.75, 3.05) is 6.61 Å². The Morgan fingerprint density at radius 3 is 2.69 bits per heavy atom. The van der Waals surface area contributed by atoms with E-state index in [1.807, 2.05) is 0 Å². The van der Waals surface area contributed by atoms with Gasteiger partial charge in [-0.2, -0.15) is 0 Å². The molecule has 0 aliphatic heterocycles. The van der Waals surface area contributed by atoms with Crippen molar-refractivity contribution >= 4 is 28.8 Å². The molecule has 1 aromatic rings. The normalized spacial score (nSPS) is 12.8. The standard InChI is InChI=1S/C11H16ClNO2S/c1-7(2)5-8(6-14)13-11(15)9-3-4-10(12)16-9/h3-4,7-8,14H,5-6H2,1-2H3,(H,13,15). The van der Waals surface area contributed by atoms with Crippen molar-refractivity contribution in [3.63, 3.8) is 0 Å². The van der Waals surface area contributed by atoms with Gasteiger partial charge in [-0.15, -0.1) is 11.3 Å². The summed E-state index contributed by atoms with van der Waals surface area (Å²) in [5.74, 6) is 0.265. The van der Waals surface area contributed by atoms with Gasteiger partial charge in [-0.25, -0.2) is 0 Å². The lowest BCUT2D eigenvalue weighted by Gasteiger charge is -2.17. The summed E-state index contributed by atoms with van der Waals surface area (Å²) in [4.78, 5) is 12.3. The third-order valence-corrected chi connectivity index (χ3v) is 3.34. The molecule has 16 heavy (non-hydrogen) atoms. The summed E-state index contributed by atoms with van der Waals surface area (Å²) in [6, 6.07) is 3.19. The van der Waals surface area contributed by atoms with Gasteiger partial charge in [0.15, 0.2) is 0 Å². The third kappa shape index (κ3) is 4.12. The predicted octanol–water partition coefficient (Wildman–Crippen LogP) is 2.54. The monoisotopic (exact) mass is 261 g/mol. The van der Waals surface area contributed by atoms with Gasteiger partial charge in [0.25, 0.3) is 5.91 Å². The fourth-order valence-corrected chi connectivity index (χ4v) is 2.39. The first kappa shape index (κ1) is 13.5. The second kappa shape index (κ2) is 6.23. The fraction of sp³-hybridized carbons (Fsp3) is 0.545. The van der Waals surface area contributed by atoms with Crippen LogP contribution in [0.15, 0.2) is 12.1 Å². The Kier molecular flexibility index (Phi) is 5.25. The molecule has 0 fully saturated rings. The molecule has 1 heterocycles. The number of nitrogens with one attached hydrogen (secondary N) is 1. The van der Waals surface area contributed by atoms with Crippen molar-refractivity contribution in [3.05, 3.63) is 21.3 Å². The molecule has 1 amide bonds. The van der Waals surface area contributed by atoms with Gasteiger partial charge in [0.05, 0.1) is 21.9 Å². The maximum atomic E-state index is 11.7. The largest absolute Gasteiger partial charge is 0.394 e. The molecule has 0 saturated heterocycles. The number of carbonyl (C=O) groups excluding carboxylic acids is 1. The van der Waals surface area contributed by atoms with Crippen molar-refractivity contribution in [1.82, 2.24) is 5.32 Å². The van der Waals surface area contributed by atoms with Gasteiger partial charge in [0.2, 0.25) is 0 Å². The molecule has 1 atom stereocenters. The Bertz CT molecular complexity index is 352. The van der Waals surface area contributed by atoms with E-state index in [-0.39, 0.29) is 18.6 Å². The molecule has 0 bridgehead atoms. The predicted molar refractivity (Wildman–Crippen MR) is 67.1 cm³/mol. The SMILES string of the molecule is CC(C)CC(CO)NC(=O)c1ccc(Cl)s1. The molecule has 0 aliphatic rings. The molecular weight excluding hydrogens is 246 g/mol. The Balaban J connectivity index is 2.55. The minimum atomic E-state index is -0.187. The average Bonchev–Trinajstić information content (AvgIpc) is 2.63. The quantitative estimate of drug-likeness (QED) is 0.856. The first-order chi connectivity index (χ1) is 7.52. The minimum Gasteiger partial charge on any atom is -0.394 e. The van der Waals surface area contributed by atoms with E-state index in [1.54, 1.807) is 12.1 Å². The van der Waals surface area contributed by atoms with Crippen molar-refractivity contribution in [3.8, 4) is 0 Å². The molecule has 0 saturated carbocycles. The highest BCUT2D eigenvalue weighted by molar-refractivity contribution is 7.17. The molecule has 0 spiro atoms. The molecule has 2 N–H and O–H groups in total. The lowest BCUT2D eigenvalue weighted by molar-refractivity contribution is 0.0912. The van der Waals surface area contributed by atoms with E-state index >= 15 is 0 Å². The molecule has 5 heteroatoms. The first-order valence-corrected chi connectivity index (χ1v) is 6.39. The Hall–Kier alpha value is -0.580. The Morgan fingerprint density at radius 2 is 2.25 bits per heavy atom. The number of amides is 1. The van der Waals surface area contributed by atoms with Crippen molar-refractivity contribution in [2.24, 2.45) is 5.92 Å². The van der Waals surface area contributed by atoms with Gasteiger partial charge in [-0.1, -0.05) is 25.4 Å². The smallest absolute Gasteiger partial charge is 0.261 e. The second-order valence-electron chi connectivity index (χ2n) is 4.09. The lowest BCUT2D eigenvalue weighted by atomic mass is 10.0. The summed E-state index contributed by atoms with van der Waals surface area (Å²) in [5.41, 5.74) is 0. The van der Waals surface area contributed by atoms with Gasteiger partial charge in [0, 0.05) is 0 Å². The molecule has 0 aromatic carbocycles. The summed E-state index contributed by atoms with van der Waals surface area (Å²) in [5, 5.41) is 11.9. The maximum absolute atomic E-state index is 11.7. The minimum absolute atomic E-state index is 0.0387. The van der Waals surface area contributed by atoms with Gasteiger partial charge in [-0.05, 0) is 24.5 Å². The number of aliphatic hydroxyl groups is 1. The summed E-state index contributed by atoms with van der Waals surface area (Å²) in [7, 11) is 0. The molecule has 1 rings (SSSR count). The summed E-state index contributed by atoms with van der Waals surface area (Å²) >= 11 is 6.99. The van der Waals surface area contributed by atoms with Crippen LogP contribution in [-0.2, 0) is 0 Å².